The van der Waals surface area contributed by atoms with Crippen molar-refractivity contribution in [2.24, 2.45) is 17.3 Å². The quantitative estimate of drug-likeness (QED) is 0.245. The van der Waals surface area contributed by atoms with Gasteiger partial charge in [0.2, 0.25) is 0 Å². The smallest absolute Gasteiger partial charge is 0.338 e. The van der Waals surface area contributed by atoms with E-state index in [0.29, 0.717) is 22.5 Å². The standard InChI is InChI=1S/C20H26O4/c1-14(2)19(21)24-18-8-6-17(7-9-18)23-13-22-12-20(3)11-15-4-5-16(20)10-15/h6-9,15-16H,1,4-5,10-13H2,2-3H3. The SMILES string of the molecule is C=C(C)C(=O)Oc1ccc(OCOCC2(C)CC3CCC2C3)cc1. The summed E-state index contributed by atoms with van der Waals surface area (Å²) in [6.07, 6.45) is 5.43. The summed E-state index contributed by atoms with van der Waals surface area (Å²) >= 11 is 0. The van der Waals surface area contributed by atoms with E-state index >= 15 is 0 Å². The van der Waals surface area contributed by atoms with Gasteiger partial charge in [-0.3, -0.25) is 0 Å². The maximum absolute atomic E-state index is 11.4. The molecular formula is C20H26O4. The molecule has 2 aliphatic carbocycles. The van der Waals surface area contributed by atoms with E-state index in [4.69, 9.17) is 14.2 Å². The predicted molar refractivity (Wildman–Crippen MR) is 91.9 cm³/mol. The van der Waals surface area contributed by atoms with Crippen molar-refractivity contribution in [3.05, 3.63) is 36.4 Å². The van der Waals surface area contributed by atoms with Crippen molar-refractivity contribution in [2.75, 3.05) is 13.4 Å². The monoisotopic (exact) mass is 330 g/mol. The van der Waals surface area contributed by atoms with Gasteiger partial charge in [-0.25, -0.2) is 4.79 Å². The van der Waals surface area contributed by atoms with Crippen LogP contribution in [0.25, 0.3) is 0 Å². The molecule has 2 saturated carbocycles. The summed E-state index contributed by atoms with van der Waals surface area (Å²) in [7, 11) is 0. The first-order chi connectivity index (χ1) is 11.5. The molecule has 0 heterocycles. The van der Waals surface area contributed by atoms with Gasteiger partial charge in [-0.15, -0.1) is 0 Å². The van der Waals surface area contributed by atoms with E-state index in [0.717, 1.165) is 18.4 Å². The molecule has 3 atom stereocenters. The Morgan fingerprint density at radius 1 is 1.25 bits per heavy atom. The molecule has 0 radical (unpaired) electrons. The average molecular weight is 330 g/mol. The Morgan fingerprint density at radius 3 is 2.54 bits per heavy atom. The third-order valence-corrected chi connectivity index (χ3v) is 5.41. The fourth-order valence-electron chi connectivity index (χ4n) is 4.08. The van der Waals surface area contributed by atoms with E-state index in [9.17, 15) is 4.79 Å². The molecule has 4 heteroatoms. The van der Waals surface area contributed by atoms with Crippen LogP contribution in [0.15, 0.2) is 36.4 Å². The summed E-state index contributed by atoms with van der Waals surface area (Å²) in [4.78, 5) is 11.4. The zero-order valence-electron chi connectivity index (χ0n) is 14.5. The first kappa shape index (κ1) is 17.0. The predicted octanol–water partition coefficient (Wildman–Crippen LogP) is 4.35. The number of hydrogen-bond acceptors (Lipinski definition) is 4. The Morgan fingerprint density at radius 2 is 1.96 bits per heavy atom. The van der Waals surface area contributed by atoms with Crippen LogP contribution in [0, 0.1) is 17.3 Å². The second kappa shape index (κ2) is 6.98. The molecule has 0 N–H and O–H groups in total. The van der Waals surface area contributed by atoms with Crippen LogP contribution in [0.5, 0.6) is 11.5 Å². The van der Waals surface area contributed by atoms with Gasteiger partial charge in [0.25, 0.3) is 0 Å². The number of carbonyl (C=O) groups is 1. The van der Waals surface area contributed by atoms with Crippen molar-refractivity contribution < 1.29 is 19.0 Å². The van der Waals surface area contributed by atoms with Crippen LogP contribution < -0.4 is 9.47 Å². The minimum atomic E-state index is -0.425. The van der Waals surface area contributed by atoms with Gasteiger partial charge in [0.15, 0.2) is 6.79 Å². The summed E-state index contributed by atoms with van der Waals surface area (Å²) in [5.74, 6) is 2.49. The summed E-state index contributed by atoms with van der Waals surface area (Å²) in [6, 6.07) is 6.94. The lowest BCUT2D eigenvalue weighted by Crippen LogP contribution is -2.30. The number of carbonyl (C=O) groups excluding carboxylic acids is 1. The van der Waals surface area contributed by atoms with Gasteiger partial charge >= 0.3 is 5.97 Å². The molecule has 3 rings (SSSR count). The van der Waals surface area contributed by atoms with Gasteiger partial charge < -0.3 is 14.2 Å². The molecule has 130 valence electrons. The van der Waals surface area contributed by atoms with E-state index in [2.05, 4.69) is 13.5 Å². The normalized spacial score (nSPS) is 27.9. The fourth-order valence-corrected chi connectivity index (χ4v) is 4.08. The molecule has 0 amide bonds. The summed E-state index contributed by atoms with van der Waals surface area (Å²) in [5, 5.41) is 0. The maximum atomic E-state index is 11.4. The molecule has 2 fully saturated rings. The van der Waals surface area contributed by atoms with Crippen molar-refractivity contribution in [3.8, 4) is 11.5 Å². The highest BCUT2D eigenvalue weighted by atomic mass is 16.7. The van der Waals surface area contributed by atoms with E-state index in [1.54, 1.807) is 31.2 Å². The Labute approximate surface area is 143 Å². The molecule has 1 aromatic carbocycles. The lowest BCUT2D eigenvalue weighted by atomic mass is 9.75. The number of hydrogen-bond donors (Lipinski definition) is 0. The van der Waals surface area contributed by atoms with Gasteiger partial charge in [-0.1, -0.05) is 19.9 Å². The minimum Gasteiger partial charge on any atom is -0.468 e. The van der Waals surface area contributed by atoms with Crippen LogP contribution in [-0.2, 0) is 9.53 Å². The Balaban J connectivity index is 1.41. The lowest BCUT2D eigenvalue weighted by Gasteiger charge is -2.33. The zero-order chi connectivity index (χ0) is 17.2. The molecule has 2 aliphatic rings. The second-order valence-corrected chi connectivity index (χ2v) is 7.49. The van der Waals surface area contributed by atoms with Crippen LogP contribution in [0.2, 0.25) is 0 Å². The summed E-state index contributed by atoms with van der Waals surface area (Å²) in [5.41, 5.74) is 0.699. The maximum Gasteiger partial charge on any atom is 0.338 e. The molecular weight excluding hydrogens is 304 g/mol. The van der Waals surface area contributed by atoms with E-state index in [1.165, 1.54) is 25.7 Å². The van der Waals surface area contributed by atoms with Crippen molar-refractivity contribution in [1.29, 1.82) is 0 Å². The van der Waals surface area contributed by atoms with E-state index < -0.39 is 5.97 Å². The van der Waals surface area contributed by atoms with Gasteiger partial charge in [0.1, 0.15) is 11.5 Å². The number of fused-ring (bicyclic) bond motifs is 2. The Kier molecular flexibility index (Phi) is 4.95. The second-order valence-electron chi connectivity index (χ2n) is 7.49. The largest absolute Gasteiger partial charge is 0.468 e. The Bertz CT molecular complexity index is 607. The summed E-state index contributed by atoms with van der Waals surface area (Å²) < 4.78 is 16.5. The van der Waals surface area contributed by atoms with E-state index in [1.807, 2.05) is 0 Å². The van der Waals surface area contributed by atoms with Crippen molar-refractivity contribution in [3.63, 3.8) is 0 Å². The first-order valence-corrected chi connectivity index (χ1v) is 8.64. The lowest BCUT2D eigenvalue weighted by molar-refractivity contribution is -0.130. The molecule has 0 aromatic heterocycles. The van der Waals surface area contributed by atoms with Gasteiger partial charge in [-0.05, 0) is 67.7 Å². The molecule has 0 spiro atoms. The van der Waals surface area contributed by atoms with Crippen LogP contribution in [0.4, 0.5) is 0 Å². The summed E-state index contributed by atoms with van der Waals surface area (Å²) in [6.45, 7) is 8.54. The van der Waals surface area contributed by atoms with Crippen molar-refractivity contribution >= 4 is 5.97 Å². The zero-order valence-corrected chi connectivity index (χ0v) is 14.5. The molecule has 0 aliphatic heterocycles. The number of benzene rings is 1. The number of ether oxygens (including phenoxy) is 3. The Hall–Kier alpha value is -1.81. The molecule has 2 bridgehead atoms. The highest BCUT2D eigenvalue weighted by molar-refractivity contribution is 5.88. The fraction of sp³-hybridized carbons (Fsp3) is 0.550. The van der Waals surface area contributed by atoms with Crippen LogP contribution in [-0.4, -0.2) is 19.4 Å². The number of rotatable bonds is 7. The van der Waals surface area contributed by atoms with Crippen LogP contribution in [0.3, 0.4) is 0 Å². The van der Waals surface area contributed by atoms with Gasteiger partial charge in [0, 0.05) is 5.57 Å². The number of esters is 1. The van der Waals surface area contributed by atoms with Gasteiger partial charge in [-0.2, -0.15) is 0 Å². The third-order valence-electron chi connectivity index (χ3n) is 5.41. The topological polar surface area (TPSA) is 44.8 Å². The molecule has 3 unspecified atom stereocenters. The van der Waals surface area contributed by atoms with Gasteiger partial charge in [0.05, 0.1) is 6.61 Å². The molecule has 24 heavy (non-hydrogen) atoms. The molecule has 4 nitrogen and oxygen atoms in total. The molecule has 1 aromatic rings. The highest BCUT2D eigenvalue weighted by Crippen LogP contribution is 2.55. The van der Waals surface area contributed by atoms with Crippen LogP contribution in [0.1, 0.15) is 39.5 Å². The third kappa shape index (κ3) is 3.81. The average Bonchev–Trinajstić information content (AvgIpc) is 3.13. The van der Waals surface area contributed by atoms with E-state index in [-0.39, 0.29) is 6.79 Å². The van der Waals surface area contributed by atoms with Crippen LogP contribution >= 0.6 is 0 Å². The van der Waals surface area contributed by atoms with Crippen molar-refractivity contribution in [2.45, 2.75) is 39.5 Å². The first-order valence-electron chi connectivity index (χ1n) is 8.64. The molecule has 0 saturated heterocycles. The highest BCUT2D eigenvalue weighted by Gasteiger charge is 2.47. The minimum absolute atomic E-state index is 0.248. The van der Waals surface area contributed by atoms with Crippen molar-refractivity contribution in [1.82, 2.24) is 0 Å².